The van der Waals surface area contributed by atoms with Gasteiger partial charge in [-0.2, -0.15) is 0 Å². The molecule has 0 bridgehead atoms. The fourth-order valence-electron chi connectivity index (χ4n) is 3.60. The van der Waals surface area contributed by atoms with Crippen molar-refractivity contribution in [3.05, 3.63) is 65.6 Å². The number of rotatable bonds is 3. The lowest BCUT2D eigenvalue weighted by atomic mass is 10.1. The first-order chi connectivity index (χ1) is 13.9. The number of piperazine rings is 1. The minimum atomic E-state index is -0.522. The van der Waals surface area contributed by atoms with Crippen LogP contribution in [0.3, 0.4) is 0 Å². The van der Waals surface area contributed by atoms with Crippen molar-refractivity contribution in [3.63, 3.8) is 0 Å². The van der Waals surface area contributed by atoms with Crippen LogP contribution in [0.5, 0.6) is 0 Å². The van der Waals surface area contributed by atoms with Gasteiger partial charge in [0, 0.05) is 56.9 Å². The average molecular weight is 394 g/mol. The first kappa shape index (κ1) is 19.0. The summed E-state index contributed by atoms with van der Waals surface area (Å²) in [7, 11) is 3.94. The van der Waals surface area contributed by atoms with Crippen molar-refractivity contribution in [2.24, 2.45) is 0 Å². The molecule has 0 unspecified atom stereocenters. The number of hydrogen-bond acceptors (Lipinski definition) is 3. The second-order valence-corrected chi connectivity index (χ2v) is 7.41. The van der Waals surface area contributed by atoms with Gasteiger partial charge in [-0.25, -0.2) is 4.39 Å². The van der Waals surface area contributed by atoms with E-state index in [0.29, 0.717) is 31.9 Å². The van der Waals surface area contributed by atoms with Gasteiger partial charge in [0.1, 0.15) is 11.5 Å². The summed E-state index contributed by atoms with van der Waals surface area (Å²) in [5.74, 6) is -0.950. The molecule has 1 fully saturated rings. The number of halogens is 1. The van der Waals surface area contributed by atoms with Crippen LogP contribution in [0.2, 0.25) is 0 Å². The molecule has 150 valence electrons. The summed E-state index contributed by atoms with van der Waals surface area (Å²) < 4.78 is 13.9. The Labute approximate surface area is 168 Å². The van der Waals surface area contributed by atoms with Crippen LogP contribution in [-0.2, 0) is 0 Å². The second kappa shape index (κ2) is 7.58. The van der Waals surface area contributed by atoms with E-state index < -0.39 is 5.82 Å². The molecule has 1 N–H and O–H groups in total. The Hall–Kier alpha value is -3.35. The summed E-state index contributed by atoms with van der Waals surface area (Å²) >= 11 is 0. The predicted octanol–water partition coefficient (Wildman–Crippen LogP) is 2.97. The zero-order valence-electron chi connectivity index (χ0n) is 16.5. The topological polar surface area (TPSA) is 59.7 Å². The number of aromatic nitrogens is 1. The lowest BCUT2D eigenvalue weighted by Crippen LogP contribution is -2.50. The van der Waals surface area contributed by atoms with E-state index in [9.17, 15) is 14.0 Å². The third kappa shape index (κ3) is 3.68. The molecule has 1 aromatic heterocycles. The molecule has 2 amide bonds. The maximum Gasteiger partial charge on any atom is 0.270 e. The molecule has 0 radical (unpaired) electrons. The molecule has 1 saturated heterocycles. The van der Waals surface area contributed by atoms with Crippen LogP contribution in [0.25, 0.3) is 10.9 Å². The predicted molar refractivity (Wildman–Crippen MR) is 111 cm³/mol. The van der Waals surface area contributed by atoms with Gasteiger partial charge in [0.25, 0.3) is 11.8 Å². The Morgan fingerprint density at radius 2 is 1.59 bits per heavy atom. The number of nitrogens with one attached hydrogen (secondary N) is 1. The van der Waals surface area contributed by atoms with Crippen LogP contribution >= 0.6 is 0 Å². The Balaban J connectivity index is 1.44. The lowest BCUT2D eigenvalue weighted by molar-refractivity contribution is 0.0530. The van der Waals surface area contributed by atoms with Gasteiger partial charge < -0.3 is 19.7 Å². The lowest BCUT2D eigenvalue weighted by Gasteiger charge is -2.34. The zero-order chi connectivity index (χ0) is 20.5. The van der Waals surface area contributed by atoms with Gasteiger partial charge in [-0.05, 0) is 30.3 Å². The van der Waals surface area contributed by atoms with E-state index in [0.717, 1.165) is 16.6 Å². The summed E-state index contributed by atoms with van der Waals surface area (Å²) in [5.41, 5.74) is 2.57. The molecule has 4 rings (SSSR count). The molecule has 3 aromatic rings. The van der Waals surface area contributed by atoms with Crippen molar-refractivity contribution >= 4 is 28.4 Å². The Morgan fingerprint density at radius 3 is 2.24 bits per heavy atom. The van der Waals surface area contributed by atoms with Gasteiger partial charge in [0.05, 0.1) is 5.56 Å². The minimum Gasteiger partial charge on any atom is -0.378 e. The Morgan fingerprint density at radius 1 is 0.931 bits per heavy atom. The fraction of sp³-hybridized carbons (Fsp3) is 0.273. The van der Waals surface area contributed by atoms with Gasteiger partial charge in [-0.15, -0.1) is 0 Å². The zero-order valence-corrected chi connectivity index (χ0v) is 16.5. The van der Waals surface area contributed by atoms with Crippen molar-refractivity contribution in [2.75, 3.05) is 45.2 Å². The van der Waals surface area contributed by atoms with E-state index in [1.807, 2.05) is 43.3 Å². The van der Waals surface area contributed by atoms with Gasteiger partial charge in [0.2, 0.25) is 0 Å². The highest BCUT2D eigenvalue weighted by Crippen LogP contribution is 2.22. The highest BCUT2D eigenvalue weighted by atomic mass is 19.1. The number of carbonyl (C=O) groups excluding carboxylic acids is 2. The van der Waals surface area contributed by atoms with E-state index in [-0.39, 0.29) is 17.4 Å². The SMILES string of the molecule is CN(C)c1ccc2cc(C(=O)N3CCN(C(=O)c4ccccc4F)CC3)[nH]c2c1. The van der Waals surface area contributed by atoms with Crippen LogP contribution in [0.15, 0.2) is 48.5 Å². The molecular formula is C22H23FN4O2. The Bertz CT molecular complexity index is 1070. The smallest absolute Gasteiger partial charge is 0.270 e. The van der Waals surface area contributed by atoms with Crippen molar-refractivity contribution in [2.45, 2.75) is 0 Å². The molecule has 1 aliphatic heterocycles. The molecule has 29 heavy (non-hydrogen) atoms. The molecule has 0 saturated carbocycles. The molecule has 0 atom stereocenters. The number of anilines is 1. The van der Waals surface area contributed by atoms with E-state index in [2.05, 4.69) is 4.98 Å². The quantitative estimate of drug-likeness (QED) is 0.743. The third-order valence-electron chi connectivity index (χ3n) is 5.31. The van der Waals surface area contributed by atoms with Crippen LogP contribution in [0.4, 0.5) is 10.1 Å². The van der Waals surface area contributed by atoms with Gasteiger partial charge in [0.15, 0.2) is 0 Å². The minimum absolute atomic E-state index is 0.0691. The van der Waals surface area contributed by atoms with Crippen LogP contribution in [-0.4, -0.2) is 66.9 Å². The van der Waals surface area contributed by atoms with Crippen molar-refractivity contribution in [3.8, 4) is 0 Å². The molecule has 0 spiro atoms. The van der Waals surface area contributed by atoms with E-state index in [1.54, 1.807) is 21.9 Å². The largest absolute Gasteiger partial charge is 0.378 e. The number of hydrogen-bond donors (Lipinski definition) is 1. The molecular weight excluding hydrogens is 371 g/mol. The number of amides is 2. The number of H-pyrrole nitrogens is 1. The van der Waals surface area contributed by atoms with Gasteiger partial charge >= 0.3 is 0 Å². The van der Waals surface area contributed by atoms with Crippen molar-refractivity contribution < 1.29 is 14.0 Å². The maximum absolute atomic E-state index is 13.9. The van der Waals surface area contributed by atoms with Crippen LogP contribution in [0, 0.1) is 5.82 Å². The number of nitrogens with zero attached hydrogens (tertiary/aromatic N) is 3. The Kier molecular flexibility index (Phi) is 4.96. The molecule has 1 aliphatic rings. The van der Waals surface area contributed by atoms with Gasteiger partial charge in [-0.1, -0.05) is 18.2 Å². The molecule has 6 nitrogen and oxygen atoms in total. The second-order valence-electron chi connectivity index (χ2n) is 7.41. The summed E-state index contributed by atoms with van der Waals surface area (Å²) in [6.45, 7) is 1.59. The summed E-state index contributed by atoms with van der Waals surface area (Å²) in [6.07, 6.45) is 0. The monoisotopic (exact) mass is 394 g/mol. The number of carbonyl (C=O) groups is 2. The highest BCUT2D eigenvalue weighted by molar-refractivity contribution is 5.99. The molecule has 0 aliphatic carbocycles. The van der Waals surface area contributed by atoms with Crippen molar-refractivity contribution in [1.82, 2.24) is 14.8 Å². The summed E-state index contributed by atoms with van der Waals surface area (Å²) in [5, 5.41) is 0.979. The summed E-state index contributed by atoms with van der Waals surface area (Å²) in [4.78, 5) is 34.0. The molecule has 7 heteroatoms. The normalized spacial score (nSPS) is 14.3. The van der Waals surface area contributed by atoms with Crippen molar-refractivity contribution in [1.29, 1.82) is 0 Å². The van der Waals surface area contributed by atoms with Crippen LogP contribution in [0.1, 0.15) is 20.8 Å². The average Bonchev–Trinajstić information content (AvgIpc) is 3.16. The van der Waals surface area contributed by atoms with Gasteiger partial charge in [-0.3, -0.25) is 9.59 Å². The van der Waals surface area contributed by atoms with E-state index in [1.165, 1.54) is 12.1 Å². The maximum atomic E-state index is 13.9. The first-order valence-corrected chi connectivity index (χ1v) is 9.57. The summed E-state index contributed by atoms with van der Waals surface area (Å²) in [6, 6.07) is 13.8. The van der Waals surface area contributed by atoms with E-state index >= 15 is 0 Å². The first-order valence-electron chi connectivity index (χ1n) is 9.57. The third-order valence-corrected chi connectivity index (χ3v) is 5.31. The number of benzene rings is 2. The number of fused-ring (bicyclic) bond motifs is 1. The number of aromatic amines is 1. The van der Waals surface area contributed by atoms with E-state index in [4.69, 9.17) is 0 Å². The standard InChI is InChI=1S/C22H23FN4O2/c1-25(2)16-8-7-15-13-20(24-19(15)14-16)22(29)27-11-9-26(10-12-27)21(28)17-5-3-4-6-18(17)23/h3-8,13-14,24H,9-12H2,1-2H3. The molecule has 2 heterocycles. The highest BCUT2D eigenvalue weighted by Gasteiger charge is 2.27. The fourth-order valence-corrected chi connectivity index (χ4v) is 3.60. The molecule has 2 aromatic carbocycles. The van der Waals surface area contributed by atoms with Crippen LogP contribution < -0.4 is 4.90 Å².